The Morgan fingerprint density at radius 3 is 2.67 bits per heavy atom. The van der Waals surface area contributed by atoms with E-state index in [-0.39, 0.29) is 24.0 Å². The van der Waals surface area contributed by atoms with Crippen molar-refractivity contribution < 1.29 is 9.32 Å². The molecule has 2 amide bonds. The Labute approximate surface area is 141 Å². The van der Waals surface area contributed by atoms with Crippen LogP contribution < -0.4 is 10.6 Å². The summed E-state index contributed by atoms with van der Waals surface area (Å²) in [4.78, 5) is 16.8. The molecule has 8 nitrogen and oxygen atoms in total. The quantitative estimate of drug-likeness (QED) is 0.846. The van der Waals surface area contributed by atoms with Gasteiger partial charge in [-0.25, -0.2) is 4.79 Å². The molecule has 8 heteroatoms. The van der Waals surface area contributed by atoms with Crippen molar-refractivity contribution in [2.75, 3.05) is 0 Å². The predicted molar refractivity (Wildman–Crippen MR) is 87.1 cm³/mol. The first-order chi connectivity index (χ1) is 11.4. The summed E-state index contributed by atoms with van der Waals surface area (Å²) < 4.78 is 7.07. The van der Waals surface area contributed by atoms with Crippen molar-refractivity contribution >= 4 is 6.03 Å². The predicted octanol–water partition coefficient (Wildman–Crippen LogP) is 2.44. The van der Waals surface area contributed by atoms with Crippen LogP contribution in [0.4, 0.5) is 4.79 Å². The lowest BCUT2D eigenvalue weighted by molar-refractivity contribution is 0.222. The zero-order valence-corrected chi connectivity index (χ0v) is 14.5. The van der Waals surface area contributed by atoms with Crippen molar-refractivity contribution in [3.8, 4) is 0 Å². The van der Waals surface area contributed by atoms with Gasteiger partial charge in [-0.3, -0.25) is 4.68 Å². The van der Waals surface area contributed by atoms with Crippen molar-refractivity contribution in [2.24, 2.45) is 13.0 Å². The topological polar surface area (TPSA) is 97.9 Å². The molecule has 0 aromatic carbocycles. The molecule has 2 N–H and O–H groups in total. The molecule has 0 spiro atoms. The van der Waals surface area contributed by atoms with E-state index in [0.29, 0.717) is 11.8 Å². The fourth-order valence-corrected chi connectivity index (χ4v) is 2.52. The molecule has 2 heterocycles. The van der Waals surface area contributed by atoms with E-state index in [2.05, 4.69) is 25.9 Å². The van der Waals surface area contributed by atoms with E-state index in [4.69, 9.17) is 4.52 Å². The first-order valence-corrected chi connectivity index (χ1v) is 8.33. The molecule has 0 saturated heterocycles. The Morgan fingerprint density at radius 1 is 1.33 bits per heavy atom. The summed E-state index contributed by atoms with van der Waals surface area (Å²) in [5.41, 5.74) is 0.947. The number of nitrogens with zero attached hydrogens (tertiary/aromatic N) is 4. The highest BCUT2D eigenvalue weighted by Crippen LogP contribution is 2.38. The van der Waals surface area contributed by atoms with Crippen molar-refractivity contribution in [1.82, 2.24) is 30.6 Å². The summed E-state index contributed by atoms with van der Waals surface area (Å²) in [5, 5.41) is 14.0. The lowest BCUT2D eigenvalue weighted by Crippen LogP contribution is -2.40. The van der Waals surface area contributed by atoms with Gasteiger partial charge in [0.2, 0.25) is 5.89 Å². The summed E-state index contributed by atoms with van der Waals surface area (Å²) in [6, 6.07) is -0.724. The molecule has 2 atom stereocenters. The molecule has 2 aromatic rings. The third kappa shape index (κ3) is 3.74. The molecule has 130 valence electrons. The summed E-state index contributed by atoms with van der Waals surface area (Å²) in [7, 11) is 1.85. The molecular weight excluding hydrogens is 308 g/mol. The van der Waals surface area contributed by atoms with Gasteiger partial charge in [0, 0.05) is 24.7 Å². The maximum atomic E-state index is 12.3. The number of hydrogen-bond donors (Lipinski definition) is 2. The SMILES string of the molecule is CC(C)[C@H](NC(=O)N[C@H](C)c1cnn(C)c1)c1nc(C2CC2)no1. The van der Waals surface area contributed by atoms with E-state index in [1.807, 2.05) is 34.0 Å². The van der Waals surface area contributed by atoms with Crippen LogP contribution in [-0.2, 0) is 7.05 Å². The van der Waals surface area contributed by atoms with Gasteiger partial charge in [-0.1, -0.05) is 19.0 Å². The van der Waals surface area contributed by atoms with Gasteiger partial charge >= 0.3 is 6.03 Å². The molecule has 0 aliphatic heterocycles. The minimum absolute atomic E-state index is 0.136. The number of aryl methyl sites for hydroxylation is 1. The highest BCUT2D eigenvalue weighted by molar-refractivity contribution is 5.74. The second-order valence-corrected chi connectivity index (χ2v) is 6.77. The summed E-state index contributed by atoms with van der Waals surface area (Å²) in [5.74, 6) is 1.78. The molecule has 1 fully saturated rings. The standard InChI is InChI=1S/C16H24N6O2/c1-9(2)13(15-20-14(21-24-15)11-5-6-11)19-16(23)18-10(3)12-7-17-22(4)8-12/h7-11,13H,5-6H2,1-4H3,(H2,18,19,23)/t10-,13+/m1/s1. The Hall–Kier alpha value is -2.38. The number of carbonyl (C=O) groups excluding carboxylic acids is 1. The minimum Gasteiger partial charge on any atom is -0.337 e. The summed E-state index contributed by atoms with van der Waals surface area (Å²) in [6.07, 6.45) is 5.85. The summed E-state index contributed by atoms with van der Waals surface area (Å²) in [6.45, 7) is 5.94. The van der Waals surface area contributed by atoms with E-state index in [9.17, 15) is 4.79 Å². The van der Waals surface area contributed by atoms with Gasteiger partial charge in [-0.05, 0) is 25.7 Å². The third-order valence-electron chi connectivity index (χ3n) is 4.19. The van der Waals surface area contributed by atoms with Crippen LogP contribution in [0.15, 0.2) is 16.9 Å². The average Bonchev–Trinajstić information content (AvgIpc) is 3.09. The smallest absolute Gasteiger partial charge is 0.315 e. The van der Waals surface area contributed by atoms with Crippen LogP contribution in [-0.4, -0.2) is 26.0 Å². The van der Waals surface area contributed by atoms with E-state index >= 15 is 0 Å². The lowest BCUT2D eigenvalue weighted by Gasteiger charge is -2.20. The van der Waals surface area contributed by atoms with Crippen LogP contribution in [0.1, 0.15) is 68.9 Å². The number of hydrogen-bond acceptors (Lipinski definition) is 5. The van der Waals surface area contributed by atoms with Gasteiger partial charge in [0.05, 0.1) is 12.2 Å². The Balaban J connectivity index is 1.62. The van der Waals surface area contributed by atoms with E-state index in [0.717, 1.165) is 24.2 Å². The van der Waals surface area contributed by atoms with Gasteiger partial charge < -0.3 is 15.2 Å². The van der Waals surface area contributed by atoms with Crippen molar-refractivity contribution in [1.29, 1.82) is 0 Å². The second kappa shape index (κ2) is 6.62. The Morgan fingerprint density at radius 2 is 2.08 bits per heavy atom. The Bertz CT molecular complexity index is 703. The highest BCUT2D eigenvalue weighted by atomic mass is 16.5. The molecule has 1 saturated carbocycles. The van der Waals surface area contributed by atoms with Crippen molar-refractivity contribution in [3.05, 3.63) is 29.7 Å². The molecule has 2 aromatic heterocycles. The fourth-order valence-electron chi connectivity index (χ4n) is 2.52. The number of carbonyl (C=O) groups is 1. The van der Waals surface area contributed by atoms with Gasteiger partial charge in [0.15, 0.2) is 5.82 Å². The zero-order chi connectivity index (χ0) is 17.3. The maximum Gasteiger partial charge on any atom is 0.315 e. The van der Waals surface area contributed by atoms with Crippen molar-refractivity contribution in [3.63, 3.8) is 0 Å². The van der Waals surface area contributed by atoms with Gasteiger partial charge in [-0.2, -0.15) is 10.1 Å². The first-order valence-electron chi connectivity index (χ1n) is 8.33. The fraction of sp³-hybridized carbons (Fsp3) is 0.625. The van der Waals surface area contributed by atoms with Crippen LogP contribution in [0.2, 0.25) is 0 Å². The molecule has 3 rings (SSSR count). The van der Waals surface area contributed by atoms with E-state index in [1.165, 1.54) is 0 Å². The van der Waals surface area contributed by atoms with E-state index in [1.54, 1.807) is 10.9 Å². The molecule has 0 unspecified atom stereocenters. The monoisotopic (exact) mass is 332 g/mol. The zero-order valence-electron chi connectivity index (χ0n) is 14.5. The van der Waals surface area contributed by atoms with Gasteiger partial charge in [0.25, 0.3) is 0 Å². The van der Waals surface area contributed by atoms with Crippen LogP contribution >= 0.6 is 0 Å². The first kappa shape index (κ1) is 16.5. The second-order valence-electron chi connectivity index (χ2n) is 6.77. The average molecular weight is 332 g/mol. The third-order valence-corrected chi connectivity index (χ3v) is 4.19. The normalized spacial score (nSPS) is 16.9. The molecule has 1 aliphatic carbocycles. The molecular formula is C16H24N6O2. The van der Waals surface area contributed by atoms with Crippen LogP contribution in [0, 0.1) is 5.92 Å². The highest BCUT2D eigenvalue weighted by Gasteiger charge is 2.31. The molecule has 1 aliphatic rings. The number of amides is 2. The van der Waals surface area contributed by atoms with E-state index < -0.39 is 0 Å². The van der Waals surface area contributed by atoms with Crippen LogP contribution in [0.3, 0.4) is 0 Å². The molecule has 0 bridgehead atoms. The molecule has 24 heavy (non-hydrogen) atoms. The number of aromatic nitrogens is 4. The minimum atomic E-state index is -0.314. The van der Waals surface area contributed by atoms with Gasteiger partial charge in [-0.15, -0.1) is 0 Å². The maximum absolute atomic E-state index is 12.3. The Kier molecular flexibility index (Phi) is 4.55. The van der Waals surface area contributed by atoms with Crippen LogP contribution in [0.25, 0.3) is 0 Å². The number of rotatable bonds is 6. The largest absolute Gasteiger partial charge is 0.337 e. The van der Waals surface area contributed by atoms with Crippen LogP contribution in [0.5, 0.6) is 0 Å². The number of urea groups is 1. The number of nitrogens with one attached hydrogen (secondary N) is 2. The van der Waals surface area contributed by atoms with Gasteiger partial charge in [0.1, 0.15) is 6.04 Å². The summed E-state index contributed by atoms with van der Waals surface area (Å²) >= 11 is 0. The lowest BCUT2D eigenvalue weighted by atomic mass is 10.0. The van der Waals surface area contributed by atoms with Crippen molar-refractivity contribution in [2.45, 2.75) is 51.6 Å². The molecule has 0 radical (unpaired) electrons.